The first-order valence-corrected chi connectivity index (χ1v) is 12.9. The van der Waals surface area contributed by atoms with E-state index in [1.54, 1.807) is 11.3 Å². The fraction of sp³-hybridized carbons (Fsp3) is 0.481. The fourth-order valence-electron chi connectivity index (χ4n) is 3.79. The number of unbranched alkanes of at least 4 members (excludes halogenated alkanes) is 2. The summed E-state index contributed by atoms with van der Waals surface area (Å²) in [5, 5.41) is 0.760. The highest BCUT2D eigenvalue weighted by Crippen LogP contribution is 2.32. The van der Waals surface area contributed by atoms with E-state index in [1.165, 1.54) is 24.0 Å². The standard InChI is InChI=1S/C27H37N3O2S/c1-6-9-10-19-32-23-14-12-22(13-15-23)26(31)30(18-17-29(7-2)8-3)27-28-25-21(5)20(4)11-16-24(25)33-27/h11-16H,6-10,17-19H2,1-5H3. The average Bonchev–Trinajstić information content (AvgIpc) is 3.27. The van der Waals surface area contributed by atoms with Crippen LogP contribution >= 0.6 is 11.3 Å². The van der Waals surface area contributed by atoms with Crippen LogP contribution in [-0.2, 0) is 0 Å². The second-order valence-corrected chi connectivity index (χ2v) is 9.42. The van der Waals surface area contributed by atoms with Gasteiger partial charge in [-0.25, -0.2) is 4.98 Å². The van der Waals surface area contributed by atoms with Crippen LogP contribution in [0.5, 0.6) is 5.75 Å². The summed E-state index contributed by atoms with van der Waals surface area (Å²) in [4.78, 5) is 22.7. The van der Waals surface area contributed by atoms with Gasteiger partial charge >= 0.3 is 0 Å². The number of thiazole rings is 1. The fourth-order valence-corrected chi connectivity index (χ4v) is 4.84. The number of carbonyl (C=O) groups is 1. The van der Waals surface area contributed by atoms with E-state index in [4.69, 9.17) is 9.72 Å². The van der Waals surface area contributed by atoms with E-state index in [2.05, 4.69) is 51.7 Å². The van der Waals surface area contributed by atoms with Crippen molar-refractivity contribution in [3.8, 4) is 5.75 Å². The number of likely N-dealkylation sites (N-methyl/N-ethyl adjacent to an activating group) is 1. The number of anilines is 1. The minimum absolute atomic E-state index is 0.0203. The molecule has 0 bridgehead atoms. The Balaban J connectivity index is 1.84. The normalized spacial score (nSPS) is 11.3. The van der Waals surface area contributed by atoms with Gasteiger partial charge in [0.05, 0.1) is 16.8 Å². The van der Waals surface area contributed by atoms with Gasteiger partial charge in [0.1, 0.15) is 5.75 Å². The minimum Gasteiger partial charge on any atom is -0.494 e. The zero-order valence-electron chi connectivity index (χ0n) is 20.7. The number of hydrogen-bond donors (Lipinski definition) is 0. The summed E-state index contributed by atoms with van der Waals surface area (Å²) >= 11 is 1.59. The second kappa shape index (κ2) is 12.1. The molecule has 3 rings (SSSR count). The molecular weight excluding hydrogens is 430 g/mol. The Morgan fingerprint density at radius 2 is 1.70 bits per heavy atom. The summed E-state index contributed by atoms with van der Waals surface area (Å²) in [5.41, 5.74) is 4.04. The zero-order valence-corrected chi connectivity index (χ0v) is 21.5. The predicted molar refractivity (Wildman–Crippen MR) is 140 cm³/mol. The van der Waals surface area contributed by atoms with Crippen LogP contribution < -0.4 is 9.64 Å². The first-order chi connectivity index (χ1) is 16.0. The molecule has 33 heavy (non-hydrogen) atoms. The summed E-state index contributed by atoms with van der Waals surface area (Å²) in [6, 6.07) is 11.8. The maximum atomic E-state index is 13.6. The molecular formula is C27H37N3O2S. The Hall–Kier alpha value is -2.44. The predicted octanol–water partition coefficient (Wildman–Crippen LogP) is 6.47. The van der Waals surface area contributed by atoms with Crippen LogP contribution in [0.15, 0.2) is 36.4 Å². The Morgan fingerprint density at radius 3 is 2.36 bits per heavy atom. The molecule has 0 unspecified atom stereocenters. The molecule has 2 aromatic carbocycles. The second-order valence-electron chi connectivity index (χ2n) is 8.41. The van der Waals surface area contributed by atoms with Crippen molar-refractivity contribution >= 4 is 32.6 Å². The maximum Gasteiger partial charge on any atom is 0.260 e. The summed E-state index contributed by atoms with van der Waals surface area (Å²) in [7, 11) is 0. The average molecular weight is 468 g/mol. The Labute approximate surface area is 202 Å². The maximum absolute atomic E-state index is 13.6. The molecule has 5 nitrogen and oxygen atoms in total. The number of nitrogens with zero attached hydrogens (tertiary/aromatic N) is 3. The smallest absolute Gasteiger partial charge is 0.260 e. The summed E-state index contributed by atoms with van der Waals surface area (Å²) in [6.45, 7) is 14.7. The van der Waals surface area contributed by atoms with Gasteiger partial charge in [0.25, 0.3) is 5.91 Å². The zero-order chi connectivity index (χ0) is 23.8. The van der Waals surface area contributed by atoms with Crippen molar-refractivity contribution in [2.24, 2.45) is 0 Å². The van der Waals surface area contributed by atoms with Crippen molar-refractivity contribution in [3.05, 3.63) is 53.1 Å². The largest absolute Gasteiger partial charge is 0.494 e. The molecule has 0 aliphatic rings. The van der Waals surface area contributed by atoms with E-state index in [9.17, 15) is 4.79 Å². The third-order valence-corrected chi connectivity index (χ3v) is 7.25. The molecule has 0 atom stereocenters. The lowest BCUT2D eigenvalue weighted by Gasteiger charge is -2.24. The van der Waals surface area contributed by atoms with Crippen molar-refractivity contribution in [2.45, 2.75) is 53.9 Å². The van der Waals surface area contributed by atoms with Crippen LogP contribution in [0.3, 0.4) is 0 Å². The molecule has 0 spiro atoms. The Kier molecular flexibility index (Phi) is 9.27. The number of amides is 1. The quantitative estimate of drug-likeness (QED) is 0.286. The molecule has 1 heterocycles. The molecule has 3 aromatic rings. The number of ether oxygens (including phenoxy) is 1. The van der Waals surface area contributed by atoms with Crippen LogP contribution in [0.1, 0.15) is 61.5 Å². The Bertz CT molecular complexity index is 1040. The third kappa shape index (κ3) is 6.33. The van der Waals surface area contributed by atoms with Crippen molar-refractivity contribution in [1.82, 2.24) is 9.88 Å². The van der Waals surface area contributed by atoms with Gasteiger partial charge in [-0.3, -0.25) is 9.69 Å². The van der Waals surface area contributed by atoms with E-state index in [0.717, 1.165) is 47.2 Å². The van der Waals surface area contributed by atoms with Crippen molar-refractivity contribution in [2.75, 3.05) is 37.7 Å². The molecule has 1 amide bonds. The number of fused-ring (bicyclic) bond motifs is 1. The van der Waals surface area contributed by atoms with Crippen LogP contribution in [0.25, 0.3) is 10.2 Å². The van der Waals surface area contributed by atoms with E-state index in [0.29, 0.717) is 18.7 Å². The summed E-state index contributed by atoms with van der Waals surface area (Å²) < 4.78 is 6.93. The van der Waals surface area contributed by atoms with Crippen molar-refractivity contribution in [3.63, 3.8) is 0 Å². The van der Waals surface area contributed by atoms with Crippen LogP contribution in [-0.4, -0.2) is 48.6 Å². The molecule has 0 radical (unpaired) electrons. The van der Waals surface area contributed by atoms with E-state index < -0.39 is 0 Å². The van der Waals surface area contributed by atoms with E-state index in [-0.39, 0.29) is 5.91 Å². The van der Waals surface area contributed by atoms with Gasteiger partial charge in [-0.05, 0) is 74.8 Å². The van der Waals surface area contributed by atoms with Gasteiger partial charge in [-0.2, -0.15) is 0 Å². The lowest BCUT2D eigenvalue weighted by atomic mass is 10.1. The first-order valence-electron chi connectivity index (χ1n) is 12.1. The van der Waals surface area contributed by atoms with Gasteiger partial charge in [-0.1, -0.05) is 51.0 Å². The van der Waals surface area contributed by atoms with Crippen LogP contribution in [0.2, 0.25) is 0 Å². The molecule has 0 fully saturated rings. The molecule has 1 aromatic heterocycles. The third-order valence-electron chi connectivity index (χ3n) is 6.20. The lowest BCUT2D eigenvalue weighted by Crippen LogP contribution is -2.38. The van der Waals surface area contributed by atoms with Gasteiger partial charge in [-0.15, -0.1) is 0 Å². The summed E-state index contributed by atoms with van der Waals surface area (Å²) in [5.74, 6) is 0.788. The van der Waals surface area contributed by atoms with Crippen molar-refractivity contribution in [1.29, 1.82) is 0 Å². The monoisotopic (exact) mass is 467 g/mol. The number of aryl methyl sites for hydroxylation is 2. The highest BCUT2D eigenvalue weighted by molar-refractivity contribution is 7.22. The lowest BCUT2D eigenvalue weighted by molar-refractivity contribution is 0.0983. The highest BCUT2D eigenvalue weighted by atomic mass is 32.1. The van der Waals surface area contributed by atoms with Crippen LogP contribution in [0, 0.1) is 13.8 Å². The van der Waals surface area contributed by atoms with E-state index >= 15 is 0 Å². The molecule has 178 valence electrons. The minimum atomic E-state index is -0.0203. The number of aromatic nitrogens is 1. The molecule has 0 aliphatic heterocycles. The molecule has 0 N–H and O–H groups in total. The molecule has 0 saturated carbocycles. The highest BCUT2D eigenvalue weighted by Gasteiger charge is 2.22. The molecule has 0 saturated heterocycles. The van der Waals surface area contributed by atoms with Crippen molar-refractivity contribution < 1.29 is 9.53 Å². The number of hydrogen-bond acceptors (Lipinski definition) is 5. The van der Waals surface area contributed by atoms with Gasteiger partial charge in [0.2, 0.25) is 0 Å². The Morgan fingerprint density at radius 1 is 0.970 bits per heavy atom. The first kappa shape index (κ1) is 25.2. The van der Waals surface area contributed by atoms with E-state index in [1.807, 2.05) is 29.2 Å². The molecule has 0 aliphatic carbocycles. The summed E-state index contributed by atoms with van der Waals surface area (Å²) in [6.07, 6.45) is 3.39. The van der Waals surface area contributed by atoms with Crippen LogP contribution in [0.4, 0.5) is 5.13 Å². The SMILES string of the molecule is CCCCCOc1ccc(C(=O)N(CCN(CC)CC)c2nc3c(C)c(C)ccc3s2)cc1. The van der Waals surface area contributed by atoms with Gasteiger partial charge in [0.15, 0.2) is 5.13 Å². The number of rotatable bonds is 12. The number of carbonyl (C=O) groups excluding carboxylic acids is 1. The topological polar surface area (TPSA) is 45.7 Å². The number of benzene rings is 2. The molecule has 6 heteroatoms. The van der Waals surface area contributed by atoms with Gasteiger partial charge in [0, 0.05) is 18.7 Å². The van der Waals surface area contributed by atoms with Gasteiger partial charge < -0.3 is 9.64 Å².